The summed E-state index contributed by atoms with van der Waals surface area (Å²) in [4.78, 5) is 41.0. The highest BCUT2D eigenvalue weighted by molar-refractivity contribution is 6.22. The predicted molar refractivity (Wildman–Crippen MR) is 113 cm³/mol. The first-order valence-electron chi connectivity index (χ1n) is 9.70. The third kappa shape index (κ3) is 4.60. The molecule has 1 aliphatic rings. The molecule has 0 bridgehead atoms. The van der Waals surface area contributed by atoms with Crippen molar-refractivity contribution >= 4 is 29.2 Å². The van der Waals surface area contributed by atoms with Crippen LogP contribution < -0.4 is 19.7 Å². The van der Waals surface area contributed by atoms with Crippen molar-refractivity contribution in [3.8, 4) is 11.5 Å². The molecule has 2 aromatic rings. The van der Waals surface area contributed by atoms with E-state index in [1.807, 2.05) is 0 Å². The SMILES string of the molecule is COc1cc(NC(=O)CC2C(=O)N(c3ccc(F)cc3)C(=O)N2C(C)C)cc(OC)c1. The maximum Gasteiger partial charge on any atom is 0.332 e. The summed E-state index contributed by atoms with van der Waals surface area (Å²) in [5.74, 6) is -0.480. The molecule has 1 atom stereocenters. The molecule has 1 saturated heterocycles. The van der Waals surface area contributed by atoms with Gasteiger partial charge in [0.2, 0.25) is 5.91 Å². The van der Waals surface area contributed by atoms with Crippen LogP contribution in [0.5, 0.6) is 11.5 Å². The smallest absolute Gasteiger partial charge is 0.332 e. The van der Waals surface area contributed by atoms with Gasteiger partial charge in [-0.15, -0.1) is 0 Å². The molecule has 0 aliphatic carbocycles. The molecule has 164 valence electrons. The van der Waals surface area contributed by atoms with E-state index < -0.39 is 29.7 Å². The molecule has 1 unspecified atom stereocenters. The zero-order valence-corrected chi connectivity index (χ0v) is 17.7. The molecule has 31 heavy (non-hydrogen) atoms. The molecule has 1 fully saturated rings. The van der Waals surface area contributed by atoms with Crippen LogP contribution in [0, 0.1) is 5.82 Å². The Bertz CT molecular complexity index is 971. The van der Waals surface area contributed by atoms with E-state index in [0.717, 1.165) is 4.90 Å². The Hall–Kier alpha value is -3.62. The Labute approximate surface area is 179 Å². The first-order valence-corrected chi connectivity index (χ1v) is 9.70. The number of urea groups is 1. The second-order valence-corrected chi connectivity index (χ2v) is 7.30. The van der Waals surface area contributed by atoms with Crippen molar-refractivity contribution in [2.24, 2.45) is 0 Å². The molecule has 1 aliphatic heterocycles. The Balaban J connectivity index is 1.82. The van der Waals surface area contributed by atoms with Gasteiger partial charge in [-0.3, -0.25) is 9.59 Å². The fourth-order valence-corrected chi connectivity index (χ4v) is 3.47. The van der Waals surface area contributed by atoms with Gasteiger partial charge in [-0.05, 0) is 38.1 Å². The summed E-state index contributed by atoms with van der Waals surface area (Å²) in [7, 11) is 2.99. The number of benzene rings is 2. The first kappa shape index (κ1) is 22.1. The monoisotopic (exact) mass is 429 g/mol. The molecule has 3 rings (SSSR count). The maximum absolute atomic E-state index is 13.3. The quantitative estimate of drug-likeness (QED) is 0.682. The van der Waals surface area contributed by atoms with Gasteiger partial charge in [0, 0.05) is 29.9 Å². The van der Waals surface area contributed by atoms with E-state index in [1.165, 1.54) is 43.4 Å². The molecular formula is C22H24FN3O5. The average molecular weight is 429 g/mol. The van der Waals surface area contributed by atoms with Crippen LogP contribution in [0.15, 0.2) is 42.5 Å². The average Bonchev–Trinajstić information content (AvgIpc) is 2.97. The first-order chi connectivity index (χ1) is 14.7. The summed E-state index contributed by atoms with van der Waals surface area (Å²) in [6.45, 7) is 3.52. The zero-order chi connectivity index (χ0) is 22.7. The lowest BCUT2D eigenvalue weighted by Gasteiger charge is -2.25. The number of amides is 4. The van der Waals surface area contributed by atoms with E-state index in [-0.39, 0.29) is 18.2 Å². The predicted octanol–water partition coefficient (Wildman–Crippen LogP) is 3.42. The van der Waals surface area contributed by atoms with Gasteiger partial charge in [-0.2, -0.15) is 0 Å². The number of nitrogens with zero attached hydrogens (tertiary/aromatic N) is 2. The largest absolute Gasteiger partial charge is 0.497 e. The summed E-state index contributed by atoms with van der Waals surface area (Å²) in [6.07, 6.45) is -0.236. The van der Waals surface area contributed by atoms with Crippen LogP contribution in [-0.2, 0) is 9.59 Å². The van der Waals surface area contributed by atoms with Gasteiger partial charge in [-0.1, -0.05) is 0 Å². The number of rotatable bonds is 7. The minimum absolute atomic E-state index is 0.236. The van der Waals surface area contributed by atoms with Crippen LogP contribution in [-0.4, -0.2) is 49.0 Å². The lowest BCUT2D eigenvalue weighted by Crippen LogP contribution is -2.42. The highest BCUT2D eigenvalue weighted by atomic mass is 19.1. The summed E-state index contributed by atoms with van der Waals surface area (Å²) >= 11 is 0. The number of hydrogen-bond donors (Lipinski definition) is 1. The van der Waals surface area contributed by atoms with Gasteiger partial charge in [0.25, 0.3) is 5.91 Å². The van der Waals surface area contributed by atoms with Crippen LogP contribution >= 0.6 is 0 Å². The van der Waals surface area contributed by atoms with Crippen molar-refractivity contribution in [2.45, 2.75) is 32.4 Å². The Morgan fingerprint density at radius 2 is 1.65 bits per heavy atom. The van der Waals surface area contributed by atoms with Gasteiger partial charge in [0.05, 0.1) is 26.3 Å². The van der Waals surface area contributed by atoms with Crippen LogP contribution in [0.4, 0.5) is 20.6 Å². The molecular weight excluding hydrogens is 405 g/mol. The summed E-state index contributed by atoms with van der Waals surface area (Å²) in [6, 6.07) is 8.10. The molecule has 0 spiro atoms. The second kappa shape index (κ2) is 9.03. The van der Waals surface area contributed by atoms with Crippen LogP contribution in [0.1, 0.15) is 20.3 Å². The molecule has 0 radical (unpaired) electrons. The van der Waals surface area contributed by atoms with Crippen LogP contribution in [0.3, 0.4) is 0 Å². The summed E-state index contributed by atoms with van der Waals surface area (Å²) < 4.78 is 23.7. The number of anilines is 2. The van der Waals surface area contributed by atoms with Gasteiger partial charge in [0.15, 0.2) is 0 Å². The van der Waals surface area contributed by atoms with E-state index in [2.05, 4.69) is 5.32 Å². The molecule has 1 N–H and O–H groups in total. The molecule has 1 heterocycles. The lowest BCUT2D eigenvalue weighted by molar-refractivity contribution is -0.124. The van der Waals surface area contributed by atoms with E-state index in [0.29, 0.717) is 17.2 Å². The Morgan fingerprint density at radius 1 is 1.06 bits per heavy atom. The van der Waals surface area contributed by atoms with Crippen LogP contribution in [0.2, 0.25) is 0 Å². The van der Waals surface area contributed by atoms with Crippen molar-refractivity contribution in [1.29, 1.82) is 0 Å². The number of carbonyl (C=O) groups excluding carboxylic acids is 3. The van der Waals surface area contributed by atoms with Crippen molar-refractivity contribution < 1.29 is 28.2 Å². The fourth-order valence-electron chi connectivity index (χ4n) is 3.47. The number of methoxy groups -OCH3 is 2. The molecule has 8 nitrogen and oxygen atoms in total. The standard InChI is InChI=1S/C22H24FN3O5/c1-13(2)25-19(21(28)26(22(25)29)16-7-5-14(23)6-8-16)12-20(27)24-15-9-17(30-3)11-18(10-15)31-4/h5-11,13,19H,12H2,1-4H3,(H,24,27). The van der Waals surface area contributed by atoms with Crippen molar-refractivity contribution in [1.82, 2.24) is 4.90 Å². The van der Waals surface area contributed by atoms with Gasteiger partial charge < -0.3 is 19.7 Å². The molecule has 9 heteroatoms. The maximum atomic E-state index is 13.3. The third-order valence-corrected chi connectivity index (χ3v) is 4.91. The van der Waals surface area contributed by atoms with E-state index >= 15 is 0 Å². The molecule has 0 aromatic heterocycles. The number of halogens is 1. The minimum Gasteiger partial charge on any atom is -0.497 e. The minimum atomic E-state index is -0.981. The second-order valence-electron chi connectivity index (χ2n) is 7.30. The third-order valence-electron chi connectivity index (χ3n) is 4.91. The van der Waals surface area contributed by atoms with E-state index in [1.54, 1.807) is 32.0 Å². The lowest BCUT2D eigenvalue weighted by atomic mass is 10.1. The number of carbonyl (C=O) groups is 3. The summed E-state index contributed by atoms with van der Waals surface area (Å²) in [5.41, 5.74) is 0.687. The fraction of sp³-hybridized carbons (Fsp3) is 0.318. The molecule has 4 amide bonds. The van der Waals surface area contributed by atoms with E-state index in [4.69, 9.17) is 9.47 Å². The molecule has 0 saturated carbocycles. The van der Waals surface area contributed by atoms with Gasteiger partial charge in [0.1, 0.15) is 23.4 Å². The summed E-state index contributed by atoms with van der Waals surface area (Å²) in [5, 5.41) is 2.72. The van der Waals surface area contributed by atoms with Gasteiger partial charge in [-0.25, -0.2) is 14.1 Å². The Morgan fingerprint density at radius 3 is 2.16 bits per heavy atom. The van der Waals surface area contributed by atoms with Crippen LogP contribution in [0.25, 0.3) is 0 Å². The highest BCUT2D eigenvalue weighted by Gasteiger charge is 2.47. The van der Waals surface area contributed by atoms with Crippen molar-refractivity contribution in [3.63, 3.8) is 0 Å². The Kier molecular flexibility index (Phi) is 6.43. The number of hydrogen-bond acceptors (Lipinski definition) is 5. The van der Waals surface area contributed by atoms with Crippen molar-refractivity contribution in [3.05, 3.63) is 48.3 Å². The number of nitrogens with one attached hydrogen (secondary N) is 1. The molecule has 2 aromatic carbocycles. The van der Waals surface area contributed by atoms with Crippen molar-refractivity contribution in [2.75, 3.05) is 24.4 Å². The highest BCUT2D eigenvalue weighted by Crippen LogP contribution is 2.30. The number of ether oxygens (including phenoxy) is 2. The van der Waals surface area contributed by atoms with Gasteiger partial charge >= 0.3 is 6.03 Å². The normalized spacial score (nSPS) is 16.1. The topological polar surface area (TPSA) is 88.2 Å². The number of imide groups is 1. The van der Waals surface area contributed by atoms with E-state index in [9.17, 15) is 18.8 Å². The zero-order valence-electron chi connectivity index (χ0n) is 17.7.